The molecule has 2 N–H and O–H groups in total. The average Bonchev–Trinajstić information content (AvgIpc) is 2.13. The number of hydrogen-bond donors (Lipinski definition) is 1. The minimum absolute atomic E-state index is 0.115. The third kappa shape index (κ3) is 2.61. The highest BCUT2D eigenvalue weighted by Gasteiger charge is 2.17. The van der Waals surface area contributed by atoms with Crippen molar-refractivity contribution in [3.8, 4) is 5.75 Å². The molecule has 0 bridgehead atoms. The largest absolute Gasteiger partial charge is 0.496 e. The maximum Gasteiger partial charge on any atom is 0.148 e. The second-order valence-electron chi connectivity index (χ2n) is 3.68. The predicted octanol–water partition coefficient (Wildman–Crippen LogP) is 2.69. The van der Waals surface area contributed by atoms with E-state index in [1.165, 1.54) is 7.11 Å². The standard InChI is InChI=1S/C11H15ClFNO/c1-6-4-9(12)10(13)8(5-7(2)14)11(6)15-3/h4,7H,5,14H2,1-3H3. The summed E-state index contributed by atoms with van der Waals surface area (Å²) in [6, 6.07) is 1.42. The molecule has 0 aliphatic carbocycles. The lowest BCUT2D eigenvalue weighted by atomic mass is 10.0. The Morgan fingerprint density at radius 3 is 2.67 bits per heavy atom. The monoisotopic (exact) mass is 231 g/mol. The smallest absolute Gasteiger partial charge is 0.148 e. The second-order valence-corrected chi connectivity index (χ2v) is 4.09. The SMILES string of the molecule is COc1c(C)cc(Cl)c(F)c1CC(C)N. The van der Waals surface area contributed by atoms with Crippen LogP contribution in [0.5, 0.6) is 5.75 Å². The molecule has 1 atom stereocenters. The quantitative estimate of drug-likeness (QED) is 0.868. The number of hydrogen-bond acceptors (Lipinski definition) is 2. The Bertz CT molecular complexity index is 366. The van der Waals surface area contributed by atoms with E-state index in [9.17, 15) is 4.39 Å². The van der Waals surface area contributed by atoms with Gasteiger partial charge in [-0.3, -0.25) is 0 Å². The fourth-order valence-corrected chi connectivity index (χ4v) is 1.87. The molecule has 0 aliphatic heterocycles. The van der Waals surface area contributed by atoms with Crippen molar-refractivity contribution in [1.29, 1.82) is 0 Å². The fourth-order valence-electron chi connectivity index (χ4n) is 1.59. The van der Waals surface area contributed by atoms with Crippen LogP contribution in [-0.2, 0) is 6.42 Å². The maximum atomic E-state index is 13.7. The van der Waals surface area contributed by atoms with Crippen molar-refractivity contribution < 1.29 is 9.13 Å². The Balaban J connectivity index is 3.30. The Morgan fingerprint density at radius 2 is 2.20 bits per heavy atom. The van der Waals surface area contributed by atoms with Gasteiger partial charge in [0.15, 0.2) is 0 Å². The number of aryl methyl sites for hydroxylation is 1. The molecule has 0 spiro atoms. The van der Waals surface area contributed by atoms with E-state index in [1.54, 1.807) is 6.07 Å². The van der Waals surface area contributed by atoms with Crippen LogP contribution < -0.4 is 10.5 Å². The van der Waals surface area contributed by atoms with Crippen molar-refractivity contribution in [3.05, 3.63) is 28.0 Å². The van der Waals surface area contributed by atoms with E-state index in [1.807, 2.05) is 13.8 Å². The summed E-state index contributed by atoms with van der Waals surface area (Å²) in [6.07, 6.45) is 0.413. The molecular weight excluding hydrogens is 217 g/mol. The van der Waals surface area contributed by atoms with E-state index >= 15 is 0 Å². The van der Waals surface area contributed by atoms with Crippen molar-refractivity contribution in [2.75, 3.05) is 7.11 Å². The highest BCUT2D eigenvalue weighted by Crippen LogP contribution is 2.31. The van der Waals surface area contributed by atoms with Crippen LogP contribution in [0.3, 0.4) is 0 Å². The summed E-state index contributed by atoms with van der Waals surface area (Å²) in [5.74, 6) is 0.102. The van der Waals surface area contributed by atoms with Gasteiger partial charge in [-0.2, -0.15) is 0 Å². The molecule has 0 aromatic heterocycles. The lowest BCUT2D eigenvalue weighted by molar-refractivity contribution is 0.399. The zero-order valence-electron chi connectivity index (χ0n) is 9.10. The van der Waals surface area contributed by atoms with Crippen LogP contribution in [0.25, 0.3) is 0 Å². The lowest BCUT2D eigenvalue weighted by Crippen LogP contribution is -2.19. The zero-order valence-corrected chi connectivity index (χ0v) is 9.86. The van der Waals surface area contributed by atoms with Crippen molar-refractivity contribution in [2.45, 2.75) is 26.3 Å². The Labute approximate surface area is 94.2 Å². The minimum Gasteiger partial charge on any atom is -0.496 e. The number of ether oxygens (including phenoxy) is 1. The molecule has 1 aromatic carbocycles. The summed E-state index contributed by atoms with van der Waals surface area (Å²) in [4.78, 5) is 0. The number of rotatable bonds is 3. The fraction of sp³-hybridized carbons (Fsp3) is 0.455. The molecule has 15 heavy (non-hydrogen) atoms. The van der Waals surface area contributed by atoms with Crippen LogP contribution in [0.1, 0.15) is 18.1 Å². The number of benzene rings is 1. The van der Waals surface area contributed by atoms with Crippen LogP contribution in [0.2, 0.25) is 5.02 Å². The van der Waals surface area contributed by atoms with Gasteiger partial charge in [-0.05, 0) is 31.9 Å². The van der Waals surface area contributed by atoms with E-state index in [0.29, 0.717) is 17.7 Å². The van der Waals surface area contributed by atoms with Gasteiger partial charge in [0.1, 0.15) is 11.6 Å². The van der Waals surface area contributed by atoms with Crippen LogP contribution in [0, 0.1) is 12.7 Å². The summed E-state index contributed by atoms with van der Waals surface area (Å²) in [5.41, 5.74) is 6.93. The van der Waals surface area contributed by atoms with Crippen LogP contribution in [0.15, 0.2) is 6.07 Å². The predicted molar refractivity (Wildman–Crippen MR) is 60.1 cm³/mol. The van der Waals surface area contributed by atoms with E-state index < -0.39 is 5.82 Å². The molecule has 0 saturated heterocycles. The van der Waals surface area contributed by atoms with Crippen LogP contribution in [0.4, 0.5) is 4.39 Å². The van der Waals surface area contributed by atoms with Crippen molar-refractivity contribution >= 4 is 11.6 Å². The van der Waals surface area contributed by atoms with E-state index in [2.05, 4.69) is 0 Å². The van der Waals surface area contributed by atoms with Gasteiger partial charge in [-0.25, -0.2) is 4.39 Å². The van der Waals surface area contributed by atoms with Gasteiger partial charge in [0.2, 0.25) is 0 Å². The van der Waals surface area contributed by atoms with Gasteiger partial charge < -0.3 is 10.5 Å². The molecular formula is C11H15ClFNO. The summed E-state index contributed by atoms with van der Waals surface area (Å²) in [7, 11) is 1.51. The number of nitrogens with two attached hydrogens (primary N) is 1. The van der Waals surface area contributed by atoms with Crippen molar-refractivity contribution in [3.63, 3.8) is 0 Å². The highest BCUT2D eigenvalue weighted by molar-refractivity contribution is 6.30. The van der Waals surface area contributed by atoms with Gasteiger partial charge in [-0.15, -0.1) is 0 Å². The zero-order chi connectivity index (χ0) is 11.6. The lowest BCUT2D eigenvalue weighted by Gasteiger charge is -2.15. The normalized spacial score (nSPS) is 12.7. The molecule has 0 heterocycles. The molecule has 0 saturated carbocycles. The van der Waals surface area contributed by atoms with E-state index in [-0.39, 0.29) is 11.1 Å². The van der Waals surface area contributed by atoms with Crippen LogP contribution in [-0.4, -0.2) is 13.2 Å². The first-order chi connectivity index (χ1) is 6.97. The second kappa shape index (κ2) is 4.81. The molecule has 1 rings (SSSR count). The highest BCUT2D eigenvalue weighted by atomic mass is 35.5. The van der Waals surface area contributed by atoms with Gasteiger partial charge in [0.05, 0.1) is 12.1 Å². The first-order valence-corrected chi connectivity index (χ1v) is 5.12. The van der Waals surface area contributed by atoms with E-state index in [4.69, 9.17) is 22.1 Å². The minimum atomic E-state index is -0.434. The third-order valence-corrected chi connectivity index (χ3v) is 2.46. The molecule has 0 fully saturated rings. The molecule has 1 aromatic rings. The van der Waals surface area contributed by atoms with Gasteiger partial charge >= 0.3 is 0 Å². The molecule has 2 nitrogen and oxygen atoms in total. The summed E-state index contributed by atoms with van der Waals surface area (Å²) in [6.45, 7) is 3.64. The molecule has 1 unspecified atom stereocenters. The maximum absolute atomic E-state index is 13.7. The molecule has 0 radical (unpaired) electrons. The summed E-state index contributed by atoms with van der Waals surface area (Å²) in [5, 5.41) is 0.115. The Hall–Kier alpha value is -0.800. The van der Waals surface area contributed by atoms with Gasteiger partial charge in [-0.1, -0.05) is 11.6 Å². The summed E-state index contributed by atoms with van der Waals surface area (Å²) < 4.78 is 18.9. The number of methoxy groups -OCH3 is 1. The van der Waals surface area contributed by atoms with Crippen molar-refractivity contribution in [2.24, 2.45) is 5.73 Å². The Kier molecular flexibility index (Phi) is 3.94. The van der Waals surface area contributed by atoms with Gasteiger partial charge in [0.25, 0.3) is 0 Å². The average molecular weight is 232 g/mol. The van der Waals surface area contributed by atoms with E-state index in [0.717, 1.165) is 5.56 Å². The molecule has 4 heteroatoms. The number of halogens is 2. The topological polar surface area (TPSA) is 35.2 Å². The third-order valence-electron chi connectivity index (χ3n) is 2.18. The van der Waals surface area contributed by atoms with Crippen LogP contribution >= 0.6 is 11.6 Å². The molecule has 0 aliphatic rings. The first kappa shape index (κ1) is 12.3. The van der Waals surface area contributed by atoms with Gasteiger partial charge in [0, 0.05) is 11.6 Å². The molecule has 0 amide bonds. The Morgan fingerprint density at radius 1 is 1.60 bits per heavy atom. The summed E-state index contributed by atoms with van der Waals surface area (Å²) >= 11 is 5.76. The first-order valence-electron chi connectivity index (χ1n) is 4.74. The molecule has 84 valence electrons. The van der Waals surface area contributed by atoms with Crippen molar-refractivity contribution in [1.82, 2.24) is 0 Å².